The Morgan fingerprint density at radius 1 is 0.625 bits per heavy atom. The van der Waals surface area contributed by atoms with Gasteiger partial charge in [0.2, 0.25) is 0 Å². The van der Waals surface area contributed by atoms with Crippen molar-refractivity contribution in [3.05, 3.63) is 82.3 Å². The van der Waals surface area contributed by atoms with E-state index in [1.165, 1.54) is 37.9 Å². The van der Waals surface area contributed by atoms with Gasteiger partial charge in [-0.25, -0.2) is 0 Å². The molecule has 0 saturated carbocycles. The van der Waals surface area contributed by atoms with Crippen molar-refractivity contribution in [3.63, 3.8) is 0 Å². The van der Waals surface area contributed by atoms with Gasteiger partial charge in [-0.2, -0.15) is 0 Å². The van der Waals surface area contributed by atoms with E-state index in [1.54, 1.807) is 0 Å². The summed E-state index contributed by atoms with van der Waals surface area (Å²) >= 11 is 9.78. The summed E-state index contributed by atoms with van der Waals surface area (Å²) < 4.78 is 1.02. The van der Waals surface area contributed by atoms with Gasteiger partial charge in [0, 0.05) is 9.50 Å². The molecule has 0 radical (unpaired) electrons. The Kier molecular flexibility index (Phi) is 3.09. The van der Waals surface area contributed by atoms with Crippen molar-refractivity contribution in [1.29, 1.82) is 0 Å². The van der Waals surface area contributed by atoms with Crippen molar-refractivity contribution in [3.8, 4) is 11.1 Å². The molecule has 0 unspecified atom stereocenters. The smallest absolute Gasteiger partial charge is 0.0417 e. The number of rotatable bonds is 1. The normalized spacial score (nSPS) is 11.8. The molecule has 24 heavy (non-hydrogen) atoms. The third kappa shape index (κ3) is 1.98. The zero-order valence-corrected chi connectivity index (χ0v) is 15.0. The molecule has 2 heteroatoms. The first-order chi connectivity index (χ1) is 11.7. The topological polar surface area (TPSA) is 0 Å². The molecule has 5 aromatic rings. The average molecular weight is 392 g/mol. The summed E-state index contributed by atoms with van der Waals surface area (Å²) in [4.78, 5) is 0. The molecule has 0 fully saturated rings. The number of benzene rings is 5. The third-order valence-corrected chi connectivity index (χ3v) is 5.64. The maximum atomic E-state index is 6.12. The summed E-state index contributed by atoms with van der Waals surface area (Å²) in [5.41, 5.74) is 2.39. The zero-order valence-electron chi connectivity index (χ0n) is 12.7. The van der Waals surface area contributed by atoms with Gasteiger partial charge in [-0.05, 0) is 55.6 Å². The van der Waals surface area contributed by atoms with Crippen LogP contribution in [0.4, 0.5) is 0 Å². The fourth-order valence-corrected chi connectivity index (χ4v) is 4.57. The molecule has 0 aliphatic rings. The van der Waals surface area contributed by atoms with E-state index in [0.29, 0.717) is 0 Å². The highest BCUT2D eigenvalue weighted by molar-refractivity contribution is 9.10. The molecular weight excluding hydrogens is 380 g/mol. The molecule has 0 spiro atoms. The lowest BCUT2D eigenvalue weighted by atomic mass is 9.90. The fourth-order valence-electron chi connectivity index (χ4n) is 3.68. The Balaban J connectivity index is 1.97. The van der Waals surface area contributed by atoms with Gasteiger partial charge >= 0.3 is 0 Å². The maximum absolute atomic E-state index is 6.12. The SMILES string of the molecule is Clc1ccc(-c2ccc3ccc4cccc5ccc2c3c45)c(Br)c1. The zero-order chi connectivity index (χ0) is 16.3. The first-order valence-corrected chi connectivity index (χ1v) is 9.01. The van der Waals surface area contributed by atoms with Gasteiger partial charge in [-0.3, -0.25) is 0 Å². The van der Waals surface area contributed by atoms with E-state index in [-0.39, 0.29) is 0 Å². The number of hydrogen-bond donors (Lipinski definition) is 0. The molecule has 114 valence electrons. The van der Waals surface area contributed by atoms with Crippen LogP contribution in [-0.2, 0) is 0 Å². The molecule has 0 amide bonds. The predicted molar refractivity (Wildman–Crippen MR) is 108 cm³/mol. The van der Waals surface area contributed by atoms with Gasteiger partial charge in [0.25, 0.3) is 0 Å². The highest BCUT2D eigenvalue weighted by Gasteiger charge is 2.13. The Morgan fingerprint density at radius 3 is 2.00 bits per heavy atom. The van der Waals surface area contributed by atoms with E-state index in [4.69, 9.17) is 11.6 Å². The summed E-state index contributed by atoms with van der Waals surface area (Å²) in [6, 6.07) is 25.8. The van der Waals surface area contributed by atoms with Crippen LogP contribution >= 0.6 is 27.5 Å². The number of halogens is 2. The molecule has 0 saturated heterocycles. The quantitative estimate of drug-likeness (QED) is 0.257. The maximum Gasteiger partial charge on any atom is 0.0417 e. The van der Waals surface area contributed by atoms with Gasteiger partial charge in [-0.15, -0.1) is 0 Å². The lowest BCUT2D eigenvalue weighted by Gasteiger charge is -2.15. The van der Waals surface area contributed by atoms with Crippen molar-refractivity contribution in [1.82, 2.24) is 0 Å². The molecule has 0 bridgehead atoms. The van der Waals surface area contributed by atoms with Crippen LogP contribution in [0.5, 0.6) is 0 Å². The summed E-state index contributed by atoms with van der Waals surface area (Å²) in [5.74, 6) is 0. The molecule has 0 aliphatic heterocycles. The van der Waals surface area contributed by atoms with Crippen molar-refractivity contribution >= 4 is 59.8 Å². The van der Waals surface area contributed by atoms with E-state index < -0.39 is 0 Å². The predicted octanol–water partition coefficient (Wildman–Crippen LogP) is 7.67. The third-order valence-electron chi connectivity index (χ3n) is 4.75. The first kappa shape index (κ1) is 14.3. The van der Waals surface area contributed by atoms with Crippen LogP contribution in [0.3, 0.4) is 0 Å². The molecule has 0 N–H and O–H groups in total. The highest BCUT2D eigenvalue weighted by Crippen LogP contribution is 2.41. The molecule has 0 atom stereocenters. The van der Waals surface area contributed by atoms with E-state index in [0.717, 1.165) is 15.1 Å². The van der Waals surface area contributed by atoms with Crippen LogP contribution in [0.1, 0.15) is 0 Å². The fraction of sp³-hybridized carbons (Fsp3) is 0. The van der Waals surface area contributed by atoms with Crippen LogP contribution in [0.2, 0.25) is 5.02 Å². The Labute approximate surface area is 153 Å². The van der Waals surface area contributed by atoms with Crippen LogP contribution in [-0.4, -0.2) is 0 Å². The minimum absolute atomic E-state index is 0.739. The minimum Gasteiger partial charge on any atom is -0.0843 e. The summed E-state index contributed by atoms with van der Waals surface area (Å²) in [5, 5.41) is 8.56. The lowest BCUT2D eigenvalue weighted by Crippen LogP contribution is -1.87. The van der Waals surface area contributed by atoms with Crippen molar-refractivity contribution in [2.24, 2.45) is 0 Å². The number of hydrogen-bond acceptors (Lipinski definition) is 0. The molecule has 5 rings (SSSR count). The highest BCUT2D eigenvalue weighted by atomic mass is 79.9. The summed E-state index contributed by atoms with van der Waals surface area (Å²) in [7, 11) is 0. The second-order valence-electron chi connectivity index (χ2n) is 6.09. The first-order valence-electron chi connectivity index (χ1n) is 7.84. The van der Waals surface area contributed by atoms with E-state index in [9.17, 15) is 0 Å². The van der Waals surface area contributed by atoms with E-state index in [2.05, 4.69) is 76.6 Å². The second kappa shape index (κ2) is 5.20. The summed E-state index contributed by atoms with van der Waals surface area (Å²) in [6.07, 6.45) is 0. The largest absolute Gasteiger partial charge is 0.0843 e. The van der Waals surface area contributed by atoms with Gasteiger partial charge in [0.15, 0.2) is 0 Å². The van der Waals surface area contributed by atoms with Gasteiger partial charge < -0.3 is 0 Å². The molecule has 0 heterocycles. The van der Waals surface area contributed by atoms with Gasteiger partial charge in [-0.1, -0.05) is 88.2 Å². The average Bonchev–Trinajstić information content (AvgIpc) is 2.60. The Bertz CT molecular complexity index is 1210. The van der Waals surface area contributed by atoms with Crippen molar-refractivity contribution in [2.45, 2.75) is 0 Å². The standard InChI is InChI=1S/C22H12BrCl/c23-20-12-16(24)8-11-18(20)17-9-6-15-5-4-13-2-1-3-14-7-10-19(17)22(15)21(13)14/h1-12H. The van der Waals surface area contributed by atoms with E-state index >= 15 is 0 Å². The second-order valence-corrected chi connectivity index (χ2v) is 7.38. The van der Waals surface area contributed by atoms with Gasteiger partial charge in [0.05, 0.1) is 0 Å². The minimum atomic E-state index is 0.739. The molecule has 0 aliphatic carbocycles. The molecule has 0 aromatic heterocycles. The van der Waals surface area contributed by atoms with Crippen LogP contribution < -0.4 is 0 Å². The molecular formula is C22H12BrCl. The van der Waals surface area contributed by atoms with E-state index in [1.807, 2.05) is 12.1 Å². The molecule has 0 nitrogen and oxygen atoms in total. The lowest BCUT2D eigenvalue weighted by molar-refractivity contribution is 1.62. The van der Waals surface area contributed by atoms with Crippen molar-refractivity contribution < 1.29 is 0 Å². The van der Waals surface area contributed by atoms with Crippen LogP contribution in [0, 0.1) is 0 Å². The monoisotopic (exact) mass is 390 g/mol. The van der Waals surface area contributed by atoms with Crippen LogP contribution in [0.25, 0.3) is 43.4 Å². The van der Waals surface area contributed by atoms with Crippen LogP contribution in [0.15, 0.2) is 77.3 Å². The molecule has 5 aromatic carbocycles. The van der Waals surface area contributed by atoms with Gasteiger partial charge in [0.1, 0.15) is 0 Å². The Hall–Kier alpha value is -2.09. The summed E-state index contributed by atoms with van der Waals surface area (Å²) in [6.45, 7) is 0. The van der Waals surface area contributed by atoms with Crippen molar-refractivity contribution in [2.75, 3.05) is 0 Å². The Morgan fingerprint density at radius 2 is 1.25 bits per heavy atom.